The van der Waals surface area contributed by atoms with Gasteiger partial charge in [0.1, 0.15) is 4.88 Å². The summed E-state index contributed by atoms with van der Waals surface area (Å²) in [7, 11) is 1.38. The van der Waals surface area contributed by atoms with Crippen molar-refractivity contribution >= 4 is 29.0 Å². The average Bonchev–Trinajstić information content (AvgIpc) is 2.88. The third-order valence-corrected chi connectivity index (χ3v) is 4.81. The Bertz CT molecular complexity index is 699. The maximum Gasteiger partial charge on any atom is 0.350 e. The van der Waals surface area contributed by atoms with Gasteiger partial charge in [0.2, 0.25) is 0 Å². The fraction of sp³-hybridized carbons (Fsp3) is 0.579. The van der Waals surface area contributed by atoms with Gasteiger partial charge in [-0.2, -0.15) is 0 Å². The Hall–Kier alpha value is -2.00. The first-order chi connectivity index (χ1) is 11.7. The van der Waals surface area contributed by atoms with Crippen LogP contribution in [-0.2, 0) is 14.3 Å². The highest BCUT2D eigenvalue weighted by Gasteiger charge is 2.31. The predicted molar refractivity (Wildman–Crippen MR) is 98.8 cm³/mol. The van der Waals surface area contributed by atoms with Gasteiger partial charge in [0.25, 0.3) is 0 Å². The van der Waals surface area contributed by atoms with Crippen LogP contribution >= 0.6 is 11.3 Å². The van der Waals surface area contributed by atoms with Gasteiger partial charge in [-0.05, 0) is 45.6 Å². The van der Waals surface area contributed by atoms with Crippen molar-refractivity contribution in [1.82, 2.24) is 0 Å². The van der Waals surface area contributed by atoms with Crippen LogP contribution in [0.25, 0.3) is 0 Å². The molecule has 136 valence electrons. The normalized spacial score (nSPS) is 19.2. The Morgan fingerprint density at radius 1 is 1.36 bits per heavy atom. The molecule has 1 saturated carbocycles. The number of ether oxygens (including phenoxy) is 2. The monoisotopic (exact) mass is 363 g/mol. The van der Waals surface area contributed by atoms with E-state index in [0.29, 0.717) is 17.4 Å². The number of hydrogen-bond acceptors (Lipinski definition) is 6. The molecule has 6 heteroatoms. The molecule has 1 aliphatic rings. The maximum absolute atomic E-state index is 12.0. The van der Waals surface area contributed by atoms with Crippen LogP contribution in [0.15, 0.2) is 6.07 Å². The van der Waals surface area contributed by atoms with Crippen LogP contribution in [-0.4, -0.2) is 31.7 Å². The molecular weight excluding hydrogens is 338 g/mol. The topological polar surface area (TPSA) is 64.6 Å². The van der Waals surface area contributed by atoms with Crippen molar-refractivity contribution in [2.45, 2.75) is 46.6 Å². The number of thiophene rings is 1. The van der Waals surface area contributed by atoms with Gasteiger partial charge in [-0.3, -0.25) is 4.79 Å². The molecule has 0 aromatic carbocycles. The predicted octanol–water partition coefficient (Wildman–Crippen LogP) is 3.69. The van der Waals surface area contributed by atoms with Crippen LogP contribution in [0, 0.1) is 23.2 Å². The minimum atomic E-state index is -0.355. The van der Waals surface area contributed by atoms with Gasteiger partial charge in [-0.25, -0.2) is 4.79 Å². The molecule has 1 aromatic heterocycles. The lowest BCUT2D eigenvalue weighted by Gasteiger charge is -2.35. The summed E-state index contributed by atoms with van der Waals surface area (Å²) in [6, 6.07) is 2.18. The van der Waals surface area contributed by atoms with Gasteiger partial charge in [-0.1, -0.05) is 11.8 Å². The number of methoxy groups -OCH3 is 1. The largest absolute Gasteiger partial charge is 0.466 e. The molecule has 0 radical (unpaired) electrons. The summed E-state index contributed by atoms with van der Waals surface area (Å²) in [6.07, 6.45) is 1.82. The zero-order valence-electron chi connectivity index (χ0n) is 15.4. The molecule has 25 heavy (non-hydrogen) atoms. The Morgan fingerprint density at radius 2 is 2.04 bits per heavy atom. The number of carbonyl (C=O) groups is 2. The molecule has 0 bridgehead atoms. The van der Waals surface area contributed by atoms with E-state index in [1.54, 1.807) is 0 Å². The van der Waals surface area contributed by atoms with E-state index >= 15 is 0 Å². The minimum absolute atomic E-state index is 0.0963. The smallest absolute Gasteiger partial charge is 0.350 e. The van der Waals surface area contributed by atoms with E-state index in [1.807, 2.05) is 26.8 Å². The van der Waals surface area contributed by atoms with Crippen molar-refractivity contribution < 1.29 is 19.1 Å². The molecule has 1 aliphatic carbocycles. The lowest BCUT2D eigenvalue weighted by molar-refractivity contribution is -0.143. The Kier molecular flexibility index (Phi) is 6.12. The third kappa shape index (κ3) is 5.79. The van der Waals surface area contributed by atoms with Crippen molar-refractivity contribution in [1.29, 1.82) is 0 Å². The van der Waals surface area contributed by atoms with Gasteiger partial charge < -0.3 is 14.8 Å². The molecular formula is C19H25NO4S. The van der Waals surface area contributed by atoms with Gasteiger partial charge in [0.15, 0.2) is 0 Å². The fourth-order valence-corrected chi connectivity index (χ4v) is 3.39. The van der Waals surface area contributed by atoms with E-state index in [4.69, 9.17) is 9.47 Å². The summed E-state index contributed by atoms with van der Waals surface area (Å²) in [4.78, 5) is 24.3. The highest BCUT2D eigenvalue weighted by Crippen LogP contribution is 2.34. The first kappa shape index (κ1) is 19.3. The number of nitrogens with one attached hydrogen (secondary N) is 1. The average molecular weight is 363 g/mol. The standard InChI is InChI=1S/C19H25NO4S/c1-12(21)24-11-13-8-14(9-13)20-16-10-15(6-7-19(2,3)4)25-17(16)18(22)23-5/h10,13-14,20H,8-9,11H2,1-5H3/t13-,14+. The number of hydrogen-bond donors (Lipinski definition) is 1. The molecule has 0 aliphatic heterocycles. The Morgan fingerprint density at radius 3 is 2.60 bits per heavy atom. The number of carbonyl (C=O) groups excluding carboxylic acids is 2. The molecule has 1 heterocycles. The van der Waals surface area contributed by atoms with Crippen LogP contribution in [0.5, 0.6) is 0 Å². The maximum atomic E-state index is 12.0. The summed E-state index contributed by atoms with van der Waals surface area (Å²) in [6.45, 7) is 8.02. The van der Waals surface area contributed by atoms with Crippen molar-refractivity contribution in [2.24, 2.45) is 11.3 Å². The first-order valence-electron chi connectivity index (χ1n) is 8.33. The second-order valence-corrected chi connectivity index (χ2v) is 8.38. The minimum Gasteiger partial charge on any atom is -0.466 e. The van der Waals surface area contributed by atoms with Crippen LogP contribution < -0.4 is 5.32 Å². The summed E-state index contributed by atoms with van der Waals surface area (Å²) < 4.78 is 9.92. The summed E-state index contributed by atoms with van der Waals surface area (Å²) in [5.41, 5.74) is 0.673. The van der Waals surface area contributed by atoms with Crippen molar-refractivity contribution in [3.63, 3.8) is 0 Å². The molecule has 0 saturated heterocycles. The quantitative estimate of drug-likeness (QED) is 0.638. The molecule has 1 N–H and O–H groups in total. The van der Waals surface area contributed by atoms with E-state index in [0.717, 1.165) is 23.4 Å². The van der Waals surface area contributed by atoms with Gasteiger partial charge >= 0.3 is 11.9 Å². The van der Waals surface area contributed by atoms with Crippen LogP contribution in [0.1, 0.15) is 55.1 Å². The highest BCUT2D eigenvalue weighted by molar-refractivity contribution is 7.15. The van der Waals surface area contributed by atoms with E-state index in [-0.39, 0.29) is 23.4 Å². The molecule has 0 unspecified atom stereocenters. The number of esters is 2. The zero-order chi connectivity index (χ0) is 18.6. The molecule has 0 amide bonds. The van der Waals surface area contributed by atoms with Crippen LogP contribution in [0.2, 0.25) is 0 Å². The SMILES string of the molecule is COC(=O)c1sc(C#CC(C)(C)C)cc1N[C@H]1C[C@@H](COC(C)=O)C1. The molecule has 0 atom stereocenters. The molecule has 0 spiro atoms. The van der Waals surface area contributed by atoms with Gasteiger partial charge in [0, 0.05) is 18.4 Å². The molecule has 1 aromatic rings. The van der Waals surface area contributed by atoms with E-state index < -0.39 is 0 Å². The lowest BCUT2D eigenvalue weighted by Crippen LogP contribution is -2.38. The number of anilines is 1. The zero-order valence-corrected chi connectivity index (χ0v) is 16.2. The molecule has 5 nitrogen and oxygen atoms in total. The molecule has 1 fully saturated rings. The lowest BCUT2D eigenvalue weighted by atomic mass is 9.81. The fourth-order valence-electron chi connectivity index (χ4n) is 2.50. The van der Waals surface area contributed by atoms with E-state index in [9.17, 15) is 9.59 Å². The second kappa shape index (κ2) is 7.92. The first-order valence-corrected chi connectivity index (χ1v) is 9.15. The van der Waals surface area contributed by atoms with Crippen molar-refractivity contribution in [3.8, 4) is 11.8 Å². The summed E-state index contributed by atoms with van der Waals surface area (Å²) in [5, 5.41) is 3.40. The van der Waals surface area contributed by atoms with Crippen molar-refractivity contribution in [3.05, 3.63) is 15.8 Å². The third-order valence-electron chi connectivity index (χ3n) is 3.78. The van der Waals surface area contributed by atoms with Crippen LogP contribution in [0.3, 0.4) is 0 Å². The Labute approximate surface area is 153 Å². The second-order valence-electron chi connectivity index (χ2n) is 7.33. The van der Waals surface area contributed by atoms with Gasteiger partial charge in [0.05, 0.1) is 24.3 Å². The van der Waals surface area contributed by atoms with E-state index in [1.165, 1.54) is 25.4 Å². The van der Waals surface area contributed by atoms with Crippen molar-refractivity contribution in [2.75, 3.05) is 19.0 Å². The highest BCUT2D eigenvalue weighted by atomic mass is 32.1. The van der Waals surface area contributed by atoms with Crippen LogP contribution in [0.4, 0.5) is 5.69 Å². The summed E-state index contributed by atoms with van der Waals surface area (Å²) >= 11 is 1.34. The molecule has 2 rings (SSSR count). The number of rotatable bonds is 5. The Balaban J connectivity index is 2.04. The van der Waals surface area contributed by atoms with Gasteiger partial charge in [-0.15, -0.1) is 11.3 Å². The summed E-state index contributed by atoms with van der Waals surface area (Å²) in [5.74, 6) is 6.10. The van der Waals surface area contributed by atoms with E-state index in [2.05, 4.69) is 17.2 Å².